The first-order valence-electron chi connectivity index (χ1n) is 6.94. The quantitative estimate of drug-likeness (QED) is 0.463. The van der Waals surface area contributed by atoms with E-state index in [-0.39, 0.29) is 17.1 Å². The van der Waals surface area contributed by atoms with Gasteiger partial charge < -0.3 is 10.1 Å². The lowest BCUT2D eigenvalue weighted by Gasteiger charge is -2.10. The van der Waals surface area contributed by atoms with Crippen LogP contribution in [0.5, 0.6) is 5.75 Å². The Hall–Kier alpha value is -3.42. The van der Waals surface area contributed by atoms with Crippen molar-refractivity contribution < 1.29 is 14.6 Å². The number of nitrogens with zero attached hydrogens (tertiary/aromatic N) is 2. The van der Waals surface area contributed by atoms with E-state index >= 15 is 0 Å². The zero-order chi connectivity index (χ0) is 17.7. The van der Waals surface area contributed by atoms with Crippen LogP contribution in [0.15, 0.2) is 54.6 Å². The van der Waals surface area contributed by atoms with Crippen molar-refractivity contribution in [1.82, 2.24) is 0 Å². The van der Waals surface area contributed by atoms with Crippen LogP contribution in [0.2, 0.25) is 0 Å². The van der Waals surface area contributed by atoms with Crippen LogP contribution in [-0.4, -0.2) is 16.5 Å². The highest BCUT2D eigenvalue weighted by Crippen LogP contribution is 2.32. The van der Waals surface area contributed by atoms with E-state index in [0.29, 0.717) is 18.0 Å². The van der Waals surface area contributed by atoms with E-state index in [1.54, 1.807) is 24.3 Å². The van der Waals surface area contributed by atoms with Gasteiger partial charge in [-0.1, -0.05) is 12.6 Å². The molecule has 0 aromatic heterocycles. The summed E-state index contributed by atoms with van der Waals surface area (Å²) in [7, 11) is 0. The van der Waals surface area contributed by atoms with Gasteiger partial charge in [-0.05, 0) is 30.7 Å². The molecule has 0 bridgehead atoms. The highest BCUT2D eigenvalue weighted by Gasteiger charge is 2.19. The molecule has 8 nitrogen and oxygen atoms in total. The van der Waals surface area contributed by atoms with Crippen molar-refractivity contribution in [2.75, 3.05) is 11.9 Å². The Balaban J connectivity index is 2.27. The summed E-state index contributed by atoms with van der Waals surface area (Å²) in [6.45, 7) is 5.94. The molecular formula is C16H15N3O5. The molecule has 0 saturated heterocycles. The van der Waals surface area contributed by atoms with Gasteiger partial charge in [-0.25, -0.2) is 0 Å². The molecule has 0 atom stereocenters. The first-order valence-corrected chi connectivity index (χ1v) is 6.94. The molecule has 0 heterocycles. The maximum absolute atomic E-state index is 11.1. The largest absolute Gasteiger partial charge is 0.489 e. The van der Waals surface area contributed by atoms with Crippen LogP contribution in [0.3, 0.4) is 0 Å². The van der Waals surface area contributed by atoms with Gasteiger partial charge in [0, 0.05) is 17.8 Å². The minimum Gasteiger partial charge on any atom is -0.489 e. The smallest absolute Gasteiger partial charge is 0.299 e. The van der Waals surface area contributed by atoms with Gasteiger partial charge >= 0.3 is 0 Å². The number of anilines is 2. The van der Waals surface area contributed by atoms with Gasteiger partial charge in [0.25, 0.3) is 11.4 Å². The van der Waals surface area contributed by atoms with Crippen LogP contribution < -0.4 is 10.1 Å². The summed E-state index contributed by atoms with van der Waals surface area (Å²) >= 11 is 0. The van der Waals surface area contributed by atoms with E-state index in [1.807, 2.05) is 6.92 Å². The molecule has 0 unspecified atom stereocenters. The Labute approximate surface area is 137 Å². The number of nitro benzene ring substituents is 2. The molecule has 2 aromatic rings. The molecule has 0 radical (unpaired) electrons. The fraction of sp³-hybridized carbons (Fsp3) is 0.125. The van der Waals surface area contributed by atoms with Gasteiger partial charge in [0.05, 0.1) is 15.9 Å². The molecule has 0 amide bonds. The Morgan fingerprint density at radius 1 is 1.17 bits per heavy atom. The summed E-state index contributed by atoms with van der Waals surface area (Å²) in [6.07, 6.45) is 0. The number of hydrogen-bond donors (Lipinski definition) is 1. The fourth-order valence-electron chi connectivity index (χ4n) is 1.92. The molecule has 1 N–H and O–H groups in total. The van der Waals surface area contributed by atoms with Crippen molar-refractivity contribution in [3.63, 3.8) is 0 Å². The van der Waals surface area contributed by atoms with E-state index in [9.17, 15) is 20.2 Å². The average molecular weight is 329 g/mol. The third-order valence-corrected chi connectivity index (χ3v) is 2.99. The third kappa shape index (κ3) is 4.29. The summed E-state index contributed by atoms with van der Waals surface area (Å²) in [5, 5.41) is 24.8. The molecule has 2 rings (SSSR count). The van der Waals surface area contributed by atoms with Gasteiger partial charge in [-0.3, -0.25) is 20.2 Å². The SMILES string of the molecule is C=C(C)COc1cccc(Nc2ccc([N+](=O)[O-])cc2[N+](=O)[O-])c1. The molecule has 0 saturated carbocycles. The molecule has 8 heteroatoms. The molecule has 24 heavy (non-hydrogen) atoms. The van der Waals surface area contributed by atoms with Crippen molar-refractivity contribution in [2.24, 2.45) is 0 Å². The van der Waals surface area contributed by atoms with E-state index in [2.05, 4.69) is 11.9 Å². The van der Waals surface area contributed by atoms with E-state index < -0.39 is 9.85 Å². The Kier molecular flexibility index (Phi) is 5.10. The van der Waals surface area contributed by atoms with Gasteiger partial charge in [-0.2, -0.15) is 0 Å². The molecule has 0 fully saturated rings. The molecule has 0 aliphatic carbocycles. The van der Waals surface area contributed by atoms with Crippen LogP contribution in [0.1, 0.15) is 6.92 Å². The van der Waals surface area contributed by atoms with E-state index in [4.69, 9.17) is 4.74 Å². The second-order valence-electron chi connectivity index (χ2n) is 5.11. The number of nitro groups is 2. The number of hydrogen-bond acceptors (Lipinski definition) is 6. The lowest BCUT2D eigenvalue weighted by molar-refractivity contribution is -0.393. The standard InChI is InChI=1S/C16H15N3O5/c1-11(2)10-24-14-5-3-4-12(8-14)17-15-7-6-13(18(20)21)9-16(15)19(22)23/h3-9,17H,1,10H2,2H3. The van der Waals surface area contributed by atoms with Crippen LogP contribution in [0.4, 0.5) is 22.7 Å². The predicted molar refractivity (Wildman–Crippen MR) is 89.8 cm³/mol. The van der Waals surface area contributed by atoms with Crippen LogP contribution in [-0.2, 0) is 0 Å². The van der Waals surface area contributed by atoms with Gasteiger partial charge in [-0.15, -0.1) is 0 Å². The van der Waals surface area contributed by atoms with Gasteiger partial charge in [0.1, 0.15) is 18.0 Å². The Morgan fingerprint density at radius 2 is 1.92 bits per heavy atom. The molecule has 124 valence electrons. The van der Waals surface area contributed by atoms with E-state index in [1.165, 1.54) is 12.1 Å². The summed E-state index contributed by atoms with van der Waals surface area (Å²) in [4.78, 5) is 20.5. The first kappa shape index (κ1) is 16.9. The summed E-state index contributed by atoms with van der Waals surface area (Å²) in [6, 6.07) is 10.3. The highest BCUT2D eigenvalue weighted by molar-refractivity contribution is 5.72. The van der Waals surface area contributed by atoms with Crippen molar-refractivity contribution in [1.29, 1.82) is 0 Å². The highest BCUT2D eigenvalue weighted by atomic mass is 16.6. The molecule has 0 aliphatic rings. The first-order chi connectivity index (χ1) is 11.4. The summed E-state index contributed by atoms with van der Waals surface area (Å²) < 4.78 is 5.51. The average Bonchev–Trinajstić information content (AvgIpc) is 2.53. The zero-order valence-corrected chi connectivity index (χ0v) is 12.9. The number of rotatable bonds is 7. The lowest BCUT2D eigenvalue weighted by Crippen LogP contribution is -2.00. The molecular weight excluding hydrogens is 314 g/mol. The van der Waals surface area contributed by atoms with E-state index in [0.717, 1.165) is 11.6 Å². The maximum atomic E-state index is 11.1. The minimum atomic E-state index is -0.678. The van der Waals surface area contributed by atoms with Gasteiger partial charge in [0.2, 0.25) is 0 Å². The van der Waals surface area contributed by atoms with Crippen molar-refractivity contribution in [3.8, 4) is 5.75 Å². The van der Waals surface area contributed by atoms with Crippen LogP contribution in [0, 0.1) is 20.2 Å². The third-order valence-electron chi connectivity index (χ3n) is 2.99. The van der Waals surface area contributed by atoms with Gasteiger partial charge in [0.15, 0.2) is 0 Å². The fourth-order valence-corrected chi connectivity index (χ4v) is 1.92. The number of benzene rings is 2. The second-order valence-corrected chi connectivity index (χ2v) is 5.11. The van der Waals surface area contributed by atoms with Crippen LogP contribution >= 0.6 is 0 Å². The molecule has 0 spiro atoms. The molecule has 2 aromatic carbocycles. The molecule has 0 aliphatic heterocycles. The van der Waals surface area contributed by atoms with Crippen molar-refractivity contribution in [3.05, 3.63) is 74.8 Å². The number of non-ortho nitro benzene ring substituents is 1. The Morgan fingerprint density at radius 3 is 2.54 bits per heavy atom. The second kappa shape index (κ2) is 7.23. The minimum absolute atomic E-state index is 0.155. The summed E-state index contributed by atoms with van der Waals surface area (Å²) in [5.74, 6) is 0.576. The summed E-state index contributed by atoms with van der Waals surface area (Å²) in [5.41, 5.74) is 0.858. The topological polar surface area (TPSA) is 108 Å². The van der Waals surface area contributed by atoms with Crippen molar-refractivity contribution >= 4 is 22.7 Å². The predicted octanol–water partition coefficient (Wildman–Crippen LogP) is 4.20. The number of ether oxygens (including phenoxy) is 1. The monoisotopic (exact) mass is 329 g/mol. The Bertz CT molecular complexity index is 804. The zero-order valence-electron chi connectivity index (χ0n) is 12.9. The van der Waals surface area contributed by atoms with Crippen LogP contribution in [0.25, 0.3) is 0 Å². The maximum Gasteiger partial charge on any atom is 0.299 e. The lowest BCUT2D eigenvalue weighted by atomic mass is 10.2. The normalized spacial score (nSPS) is 10.0. The number of nitrogens with one attached hydrogen (secondary N) is 1. The van der Waals surface area contributed by atoms with Crippen molar-refractivity contribution in [2.45, 2.75) is 6.92 Å².